The first-order valence-electron chi connectivity index (χ1n) is 9.54. The number of carboxylic acids is 1. The van der Waals surface area contributed by atoms with Gasteiger partial charge < -0.3 is 26.1 Å². The number of nitrogens with zero attached hydrogens (tertiary/aromatic N) is 4. The van der Waals surface area contributed by atoms with Crippen LogP contribution < -0.4 is 21.3 Å². The Hall–Kier alpha value is -2.24. The zero-order valence-corrected chi connectivity index (χ0v) is 20.2. The first-order valence-corrected chi connectivity index (χ1v) is 13.7. The number of nitrogens with one attached hydrogen (secondary N) is 1. The number of aliphatic hydroxyl groups is 1. The van der Waals surface area contributed by atoms with Gasteiger partial charge in [-0.3, -0.25) is 14.5 Å². The third kappa shape index (κ3) is 4.85. The molecule has 2 aromatic heterocycles. The third-order valence-electron chi connectivity index (χ3n) is 4.85. The van der Waals surface area contributed by atoms with E-state index in [0.717, 1.165) is 4.90 Å². The van der Waals surface area contributed by atoms with Gasteiger partial charge in [0.15, 0.2) is 5.13 Å². The molecule has 33 heavy (non-hydrogen) atoms. The molecule has 2 aliphatic rings. The van der Waals surface area contributed by atoms with Crippen molar-refractivity contribution >= 4 is 68.4 Å². The number of aliphatic hydroxyl groups excluding tert-OH is 1. The number of aliphatic carboxylic acids is 1. The monoisotopic (exact) mass is 529 g/mol. The first-order chi connectivity index (χ1) is 15.8. The van der Waals surface area contributed by atoms with Crippen LogP contribution in [0.5, 0.6) is 0 Å². The van der Waals surface area contributed by atoms with Gasteiger partial charge in [-0.15, -0.1) is 28.2 Å². The summed E-state index contributed by atoms with van der Waals surface area (Å²) in [5, 5.41) is 39.7. The quantitative estimate of drug-likeness (QED) is 0.162. The maximum absolute atomic E-state index is 12.7. The number of nitrogen functional groups attached to an aromatic ring is 2. The van der Waals surface area contributed by atoms with Gasteiger partial charge in [0, 0.05) is 16.9 Å². The molecule has 0 spiro atoms. The summed E-state index contributed by atoms with van der Waals surface area (Å²) < 4.78 is 0.540. The van der Waals surface area contributed by atoms with E-state index in [1.165, 1.54) is 34.9 Å². The van der Waals surface area contributed by atoms with E-state index in [1.807, 2.05) is 0 Å². The van der Waals surface area contributed by atoms with E-state index in [0.29, 0.717) is 37.9 Å². The fourth-order valence-corrected chi connectivity index (χ4v) is 7.77. The van der Waals surface area contributed by atoms with Crippen molar-refractivity contribution in [1.29, 1.82) is 0 Å². The van der Waals surface area contributed by atoms with Crippen LogP contribution in [0.2, 0.25) is 0 Å². The molecule has 2 aliphatic heterocycles. The summed E-state index contributed by atoms with van der Waals surface area (Å²) in [6, 6.07) is -0.828. The van der Waals surface area contributed by atoms with Gasteiger partial charge in [-0.25, -0.2) is 4.98 Å². The lowest BCUT2D eigenvalue weighted by Gasteiger charge is -2.50. The van der Waals surface area contributed by atoms with Gasteiger partial charge >= 0.3 is 4.34 Å². The lowest BCUT2D eigenvalue weighted by molar-refractivity contribution is -0.301. The number of hydrogen-bond donors (Lipinski definition) is 4. The number of anilines is 1. The Bertz CT molecular complexity index is 1130. The second-order valence-corrected chi connectivity index (χ2v) is 11.8. The van der Waals surface area contributed by atoms with Gasteiger partial charge in [-0.05, 0) is 17.3 Å². The number of rotatable bonds is 9. The van der Waals surface area contributed by atoms with E-state index in [1.54, 1.807) is 5.38 Å². The molecule has 12 nitrogen and oxygen atoms in total. The molecule has 2 amide bonds. The molecule has 0 bridgehead atoms. The SMILES string of the molecule is Nc1nc(CC(=O)NC2C(=O)N3C(C(=O)[O-])=C(CSc4nnc(CCO)[s+]4N)CS[C@H]23)cs1. The summed E-state index contributed by atoms with van der Waals surface area (Å²) in [4.78, 5) is 42.1. The van der Waals surface area contributed by atoms with Crippen LogP contribution in [0.4, 0.5) is 5.13 Å². The van der Waals surface area contributed by atoms with Crippen LogP contribution in [0.3, 0.4) is 0 Å². The molecule has 6 N–H and O–H groups in total. The highest BCUT2D eigenvalue weighted by Crippen LogP contribution is 2.42. The Morgan fingerprint density at radius 1 is 1.42 bits per heavy atom. The van der Waals surface area contributed by atoms with E-state index in [9.17, 15) is 19.5 Å². The highest BCUT2D eigenvalue weighted by molar-refractivity contribution is 8.02. The van der Waals surface area contributed by atoms with Gasteiger partial charge in [0.1, 0.15) is 22.1 Å². The molecule has 176 valence electrons. The summed E-state index contributed by atoms with van der Waals surface area (Å²) in [6.07, 6.45) is 0.298. The Balaban J connectivity index is 1.43. The first kappa shape index (κ1) is 23.9. The van der Waals surface area contributed by atoms with Crippen LogP contribution >= 0.6 is 45.5 Å². The van der Waals surface area contributed by atoms with Crippen molar-refractivity contribution in [2.24, 2.45) is 0 Å². The molecule has 0 radical (unpaired) electrons. The molecule has 3 atom stereocenters. The number of carbonyl (C=O) groups is 3. The number of thioether (sulfide) groups is 2. The van der Waals surface area contributed by atoms with Gasteiger partial charge in [-0.1, -0.05) is 10.2 Å². The number of fused-ring (bicyclic) bond motifs is 1. The maximum atomic E-state index is 12.7. The zero-order valence-electron chi connectivity index (χ0n) is 16.9. The van der Waals surface area contributed by atoms with Crippen molar-refractivity contribution < 1.29 is 24.6 Å². The number of nitrogens with two attached hydrogens (primary N) is 2. The molecule has 2 unspecified atom stereocenters. The maximum Gasteiger partial charge on any atom is 0.343 e. The van der Waals surface area contributed by atoms with Crippen LogP contribution in [0.25, 0.3) is 0 Å². The number of thiazole rings is 1. The normalized spacial score (nSPS) is 20.5. The van der Waals surface area contributed by atoms with Crippen molar-refractivity contribution in [3.8, 4) is 0 Å². The van der Waals surface area contributed by atoms with Gasteiger partial charge in [-0.2, -0.15) is 0 Å². The average molecular weight is 530 g/mol. The van der Waals surface area contributed by atoms with Crippen LogP contribution in [0.1, 0.15) is 10.7 Å². The molecule has 4 heterocycles. The Morgan fingerprint density at radius 2 is 2.21 bits per heavy atom. The molecule has 2 aromatic rings. The fourth-order valence-electron chi connectivity index (χ4n) is 3.36. The number of amides is 2. The molecule has 0 aliphatic carbocycles. The van der Waals surface area contributed by atoms with E-state index < -0.39 is 39.9 Å². The summed E-state index contributed by atoms with van der Waals surface area (Å²) >= 11 is 3.83. The minimum absolute atomic E-state index is 0.0244. The number of aromatic nitrogens is 3. The molecule has 0 aromatic carbocycles. The minimum atomic E-state index is -1.45. The zero-order chi connectivity index (χ0) is 23.7. The van der Waals surface area contributed by atoms with Gasteiger partial charge in [0.05, 0.1) is 36.8 Å². The van der Waals surface area contributed by atoms with Crippen molar-refractivity contribution in [1.82, 2.24) is 25.4 Å². The van der Waals surface area contributed by atoms with Crippen molar-refractivity contribution in [3.05, 3.63) is 27.4 Å². The summed E-state index contributed by atoms with van der Waals surface area (Å²) in [5.74, 6) is -1.77. The predicted molar refractivity (Wildman–Crippen MR) is 123 cm³/mol. The van der Waals surface area contributed by atoms with Crippen LogP contribution in [-0.2, 0) is 27.2 Å². The number of carboxylic acid groups (broad SMARTS) is 1. The van der Waals surface area contributed by atoms with Crippen molar-refractivity contribution in [2.75, 3.05) is 29.0 Å². The second-order valence-electron chi connectivity index (χ2n) is 7.01. The molecule has 0 saturated carbocycles. The Morgan fingerprint density at radius 3 is 2.88 bits per heavy atom. The number of β-lactam (4-membered cyclic amide) rings is 1. The standard InChI is InChI=1S/C17H19N7O5S4/c18-16-20-8(6-31-16)3-9(26)21-11-13(27)24-12(15(28)29)7(4-30-14(11)24)5-32-17-23-22-10(1-2-25)33(17)19/h6,11,14,25H,1-5,19H2,(H3-,18,20,21,26,28,29)/t11?,14-,33?/m1/s1. The van der Waals surface area contributed by atoms with Gasteiger partial charge in [0.25, 0.3) is 10.9 Å². The van der Waals surface area contributed by atoms with Crippen LogP contribution in [0, 0.1) is 0 Å². The van der Waals surface area contributed by atoms with E-state index in [2.05, 4.69) is 20.5 Å². The van der Waals surface area contributed by atoms with Crippen molar-refractivity contribution in [3.63, 3.8) is 0 Å². The minimum Gasteiger partial charge on any atom is -0.543 e. The highest BCUT2D eigenvalue weighted by atomic mass is 32.2. The molecular weight excluding hydrogens is 510 g/mol. The van der Waals surface area contributed by atoms with Gasteiger partial charge in [0.2, 0.25) is 5.91 Å². The molecule has 4 rings (SSSR count). The molecule has 1 fully saturated rings. The van der Waals surface area contributed by atoms with Crippen molar-refractivity contribution in [2.45, 2.75) is 28.6 Å². The fraction of sp³-hybridized carbons (Fsp3) is 0.412. The summed E-state index contributed by atoms with van der Waals surface area (Å²) in [7, 11) is -0.841. The average Bonchev–Trinajstić information content (AvgIpc) is 3.34. The van der Waals surface area contributed by atoms with Crippen LogP contribution in [0.15, 0.2) is 21.0 Å². The van der Waals surface area contributed by atoms with E-state index >= 15 is 0 Å². The Kier molecular flexibility index (Phi) is 7.20. The molecular formula is C17H19N7O5S4. The number of carbonyl (C=O) groups excluding carboxylic acids is 3. The largest absolute Gasteiger partial charge is 0.543 e. The number of hydrogen-bond acceptors (Lipinski definition) is 13. The Labute approximate surface area is 202 Å². The smallest absolute Gasteiger partial charge is 0.343 e. The highest BCUT2D eigenvalue weighted by Gasteiger charge is 2.52. The second kappa shape index (κ2) is 9.94. The van der Waals surface area contributed by atoms with E-state index in [-0.39, 0.29) is 24.5 Å². The molecule has 1 saturated heterocycles. The summed E-state index contributed by atoms with van der Waals surface area (Å²) in [5.41, 5.74) is 6.40. The lowest BCUT2D eigenvalue weighted by Crippen LogP contribution is -2.71. The predicted octanol–water partition coefficient (Wildman–Crippen LogP) is -1.75. The topological polar surface area (TPSA) is 200 Å². The van der Waals surface area contributed by atoms with Crippen LogP contribution in [-0.4, -0.2) is 72.5 Å². The summed E-state index contributed by atoms with van der Waals surface area (Å²) in [6.45, 7) is -0.0857. The van der Waals surface area contributed by atoms with E-state index in [4.69, 9.17) is 16.0 Å². The molecule has 16 heteroatoms. The third-order valence-corrected chi connectivity index (χ3v) is 9.88. The lowest BCUT2D eigenvalue weighted by atomic mass is 10.0.